The van der Waals surface area contributed by atoms with Gasteiger partial charge in [-0.1, -0.05) is 25.6 Å². The molecule has 2 fully saturated rings. The lowest BCUT2D eigenvalue weighted by Crippen LogP contribution is -2.44. The van der Waals surface area contributed by atoms with Crippen molar-refractivity contribution >= 4 is 5.78 Å². The van der Waals surface area contributed by atoms with Gasteiger partial charge in [-0.05, 0) is 66.7 Å². The first kappa shape index (κ1) is 15.9. The number of rotatable bonds is 3. The molecule has 0 saturated heterocycles. The molecule has 0 unspecified atom stereocenters. The van der Waals surface area contributed by atoms with Crippen LogP contribution in [0.2, 0.25) is 0 Å². The van der Waals surface area contributed by atoms with Gasteiger partial charge in [0.25, 0.3) is 0 Å². The van der Waals surface area contributed by atoms with E-state index >= 15 is 0 Å². The molecule has 24 heavy (non-hydrogen) atoms. The molecule has 2 saturated carbocycles. The number of Topliss-reactive ketones (excluding diaryl/α,β-unsaturated/α-hetero) is 1. The monoisotopic (exact) mass is 326 g/mol. The molecule has 3 aliphatic rings. The first-order chi connectivity index (χ1) is 11.5. The summed E-state index contributed by atoms with van der Waals surface area (Å²) in [5.41, 5.74) is 2.63. The number of hydrogen-bond donors (Lipinski definition) is 1. The smallest absolute Gasteiger partial charge is 0.162 e. The predicted molar refractivity (Wildman–Crippen MR) is 93.1 cm³/mol. The topological polar surface area (TPSA) is 46.5 Å². The molecule has 0 aliphatic heterocycles. The maximum Gasteiger partial charge on any atom is 0.162 e. The van der Waals surface area contributed by atoms with Gasteiger partial charge in [0.15, 0.2) is 5.78 Å². The van der Waals surface area contributed by atoms with Crippen molar-refractivity contribution in [1.29, 1.82) is 0 Å². The Balaban J connectivity index is 1.62. The van der Waals surface area contributed by atoms with E-state index in [9.17, 15) is 9.90 Å². The molecule has 5 atom stereocenters. The van der Waals surface area contributed by atoms with E-state index in [0.29, 0.717) is 30.8 Å². The number of aliphatic hydroxyl groups excluding tert-OH is 1. The predicted octanol–water partition coefficient (Wildman–Crippen LogP) is 3.65. The van der Waals surface area contributed by atoms with Crippen molar-refractivity contribution in [3.63, 3.8) is 0 Å². The summed E-state index contributed by atoms with van der Waals surface area (Å²) in [5, 5.41) is 10.4. The second kappa shape index (κ2) is 5.73. The Bertz CT molecular complexity index is 680. The Labute approximate surface area is 143 Å². The molecule has 1 aromatic rings. The molecular formula is C21H26O3. The van der Waals surface area contributed by atoms with E-state index in [1.54, 1.807) is 6.08 Å². The van der Waals surface area contributed by atoms with Crippen LogP contribution in [0.3, 0.4) is 0 Å². The lowest BCUT2D eigenvalue weighted by Gasteiger charge is -2.49. The summed E-state index contributed by atoms with van der Waals surface area (Å²) < 4.78 is 5.68. The quantitative estimate of drug-likeness (QED) is 0.863. The zero-order valence-corrected chi connectivity index (χ0v) is 14.3. The Morgan fingerprint density at radius 3 is 3.04 bits per heavy atom. The Morgan fingerprint density at radius 1 is 1.42 bits per heavy atom. The summed E-state index contributed by atoms with van der Waals surface area (Å²) >= 11 is 0. The number of benzene rings is 1. The fourth-order valence-electron chi connectivity index (χ4n) is 5.57. The fourth-order valence-corrected chi connectivity index (χ4v) is 5.57. The second-order valence-electron chi connectivity index (χ2n) is 7.99. The minimum Gasteiger partial charge on any atom is -0.490 e. The van der Waals surface area contributed by atoms with Crippen molar-refractivity contribution in [3.05, 3.63) is 42.0 Å². The number of aryl methyl sites for hydroxylation is 1. The van der Waals surface area contributed by atoms with Gasteiger partial charge >= 0.3 is 0 Å². The van der Waals surface area contributed by atoms with E-state index in [2.05, 4.69) is 31.7 Å². The van der Waals surface area contributed by atoms with Crippen LogP contribution >= 0.6 is 0 Å². The zero-order chi connectivity index (χ0) is 16.9. The summed E-state index contributed by atoms with van der Waals surface area (Å²) in [6.07, 6.45) is 5.75. The highest BCUT2D eigenvalue weighted by Gasteiger charge is 2.57. The molecule has 0 spiro atoms. The van der Waals surface area contributed by atoms with E-state index in [1.165, 1.54) is 11.1 Å². The van der Waals surface area contributed by atoms with Crippen LogP contribution in [-0.2, 0) is 11.2 Å². The summed E-state index contributed by atoms with van der Waals surface area (Å²) in [6, 6.07) is 6.46. The van der Waals surface area contributed by atoms with Crippen molar-refractivity contribution in [2.45, 2.75) is 51.0 Å². The van der Waals surface area contributed by atoms with Crippen LogP contribution in [0.1, 0.15) is 49.7 Å². The molecule has 3 heteroatoms. The number of ether oxygens (including phenoxy) is 1. The molecule has 3 nitrogen and oxygen atoms in total. The minimum atomic E-state index is -0.750. The van der Waals surface area contributed by atoms with Gasteiger partial charge < -0.3 is 9.84 Å². The van der Waals surface area contributed by atoms with Gasteiger partial charge in [-0.2, -0.15) is 0 Å². The van der Waals surface area contributed by atoms with Crippen molar-refractivity contribution in [2.75, 3.05) is 6.61 Å². The van der Waals surface area contributed by atoms with Gasteiger partial charge in [0.2, 0.25) is 0 Å². The fraction of sp³-hybridized carbons (Fsp3) is 0.571. The number of aliphatic hydroxyl groups is 1. The van der Waals surface area contributed by atoms with Crippen molar-refractivity contribution in [1.82, 2.24) is 0 Å². The number of carbonyl (C=O) groups excluding carboxylic acids is 1. The first-order valence-corrected chi connectivity index (χ1v) is 9.12. The molecule has 0 aromatic heterocycles. The van der Waals surface area contributed by atoms with Crippen LogP contribution in [0.15, 0.2) is 30.9 Å². The van der Waals surface area contributed by atoms with Gasteiger partial charge in [0, 0.05) is 11.8 Å². The number of carbonyl (C=O) groups is 1. The highest BCUT2D eigenvalue weighted by molar-refractivity contribution is 5.86. The molecule has 0 heterocycles. The molecule has 0 radical (unpaired) electrons. The standard InChI is InChI=1S/C21H26O3/c1-3-10-24-14-5-7-15-13(11-14)4-6-17-16(15)8-9-21(2)18(17)12-19(22)20(21)23/h3,5,7,11,16-18,20,23H,1,4,6,8-10,12H2,2H3/t16-,17-,18-,20-,21-/m0/s1. The van der Waals surface area contributed by atoms with Crippen LogP contribution in [-0.4, -0.2) is 23.6 Å². The van der Waals surface area contributed by atoms with Gasteiger partial charge in [-0.25, -0.2) is 0 Å². The zero-order valence-electron chi connectivity index (χ0n) is 14.3. The first-order valence-electron chi connectivity index (χ1n) is 9.12. The molecule has 1 N–H and O–H groups in total. The third-order valence-electron chi connectivity index (χ3n) is 6.85. The Morgan fingerprint density at radius 2 is 2.25 bits per heavy atom. The van der Waals surface area contributed by atoms with Crippen LogP contribution in [0, 0.1) is 17.3 Å². The molecule has 128 valence electrons. The summed E-state index contributed by atoms with van der Waals surface area (Å²) in [6.45, 7) is 6.36. The number of fused-ring (bicyclic) bond motifs is 5. The van der Waals surface area contributed by atoms with Gasteiger partial charge in [-0.3, -0.25) is 4.79 Å². The average molecular weight is 326 g/mol. The van der Waals surface area contributed by atoms with E-state index < -0.39 is 6.10 Å². The maximum absolute atomic E-state index is 12.1. The highest BCUT2D eigenvalue weighted by Crippen LogP contribution is 2.60. The summed E-state index contributed by atoms with van der Waals surface area (Å²) in [7, 11) is 0. The van der Waals surface area contributed by atoms with Crippen LogP contribution in [0.5, 0.6) is 5.75 Å². The molecule has 0 bridgehead atoms. The van der Waals surface area contributed by atoms with Crippen molar-refractivity contribution < 1.29 is 14.6 Å². The number of hydrogen-bond acceptors (Lipinski definition) is 3. The average Bonchev–Trinajstić information content (AvgIpc) is 2.83. The largest absolute Gasteiger partial charge is 0.490 e. The Hall–Kier alpha value is -1.61. The lowest BCUT2D eigenvalue weighted by molar-refractivity contribution is -0.128. The van der Waals surface area contributed by atoms with Crippen LogP contribution < -0.4 is 4.74 Å². The minimum absolute atomic E-state index is 0.0575. The van der Waals surface area contributed by atoms with Crippen LogP contribution in [0.25, 0.3) is 0 Å². The van der Waals surface area contributed by atoms with Gasteiger partial charge in [0.1, 0.15) is 18.5 Å². The third-order valence-corrected chi connectivity index (χ3v) is 6.85. The van der Waals surface area contributed by atoms with E-state index in [-0.39, 0.29) is 11.2 Å². The van der Waals surface area contributed by atoms with Gasteiger partial charge in [0.05, 0.1) is 0 Å². The van der Waals surface area contributed by atoms with Crippen molar-refractivity contribution in [2.24, 2.45) is 17.3 Å². The third kappa shape index (κ3) is 2.25. The molecule has 1 aromatic carbocycles. The molecule has 4 rings (SSSR count). The maximum atomic E-state index is 12.1. The molecule has 0 amide bonds. The van der Waals surface area contributed by atoms with Crippen molar-refractivity contribution in [3.8, 4) is 5.75 Å². The van der Waals surface area contributed by atoms with Gasteiger partial charge in [-0.15, -0.1) is 0 Å². The molecule has 3 aliphatic carbocycles. The number of ketones is 1. The van der Waals surface area contributed by atoms with E-state index in [0.717, 1.165) is 31.4 Å². The van der Waals surface area contributed by atoms with Crippen LogP contribution in [0.4, 0.5) is 0 Å². The highest BCUT2D eigenvalue weighted by atomic mass is 16.5. The molecular weight excluding hydrogens is 300 g/mol. The summed E-state index contributed by atoms with van der Waals surface area (Å²) in [4.78, 5) is 12.1. The lowest BCUT2D eigenvalue weighted by atomic mass is 9.55. The summed E-state index contributed by atoms with van der Waals surface area (Å²) in [5.74, 6) is 2.36. The normalized spacial score (nSPS) is 37.3. The van der Waals surface area contributed by atoms with E-state index in [4.69, 9.17) is 4.74 Å². The SMILES string of the molecule is C=CCOc1ccc2c(c1)CC[C@H]1[C@H]2CC[C@]2(C)[C@@H](O)C(=O)C[C@@H]12. The second-order valence-corrected chi connectivity index (χ2v) is 7.99. The Kier molecular flexibility index (Phi) is 3.80. The van der Waals surface area contributed by atoms with E-state index in [1.807, 2.05) is 0 Å².